The second-order valence-corrected chi connectivity index (χ2v) is 10.4. The minimum Gasteiger partial charge on any atom is -0.441 e. The second-order valence-electron chi connectivity index (χ2n) is 9.31. The first-order chi connectivity index (χ1) is 16.0. The monoisotopic (exact) mass is 460 g/mol. The Morgan fingerprint density at radius 2 is 2.24 bits per heavy atom. The molecule has 0 spiro atoms. The van der Waals surface area contributed by atoms with E-state index >= 15 is 0 Å². The highest BCUT2D eigenvalue weighted by molar-refractivity contribution is 8.14. The van der Waals surface area contributed by atoms with Crippen molar-refractivity contribution in [2.45, 2.75) is 32.7 Å². The number of hydrogen-bond acceptors (Lipinski definition) is 8. The fourth-order valence-corrected chi connectivity index (χ4v) is 6.07. The number of nitrogens with zero attached hydrogens (tertiary/aromatic N) is 6. The molecule has 2 atom stereocenters. The average molecular weight is 461 g/mol. The molecule has 0 saturated carbocycles. The lowest BCUT2D eigenvalue weighted by Crippen LogP contribution is -2.37. The van der Waals surface area contributed by atoms with Gasteiger partial charge in [0.25, 0.3) is 0 Å². The van der Waals surface area contributed by atoms with Crippen LogP contribution in [0, 0.1) is 23.7 Å². The van der Waals surface area contributed by atoms with Crippen molar-refractivity contribution >= 4 is 28.2 Å². The maximum atomic E-state index is 9.27. The Hall–Kier alpha value is -2.89. The van der Waals surface area contributed by atoms with Gasteiger partial charge in [0, 0.05) is 48.1 Å². The van der Waals surface area contributed by atoms with Crippen molar-refractivity contribution in [2.75, 3.05) is 36.8 Å². The normalized spacial score (nSPS) is 24.7. The maximum Gasteiger partial charge on any atom is 0.181 e. The van der Waals surface area contributed by atoms with Gasteiger partial charge in [-0.25, -0.2) is 4.98 Å². The third-order valence-electron chi connectivity index (χ3n) is 7.03. The summed E-state index contributed by atoms with van der Waals surface area (Å²) in [5.74, 6) is 1.63. The molecule has 2 unspecified atom stereocenters. The molecule has 3 aliphatic heterocycles. The summed E-state index contributed by atoms with van der Waals surface area (Å²) in [6.45, 7) is 12.8. The van der Waals surface area contributed by atoms with Crippen LogP contribution in [0.3, 0.4) is 0 Å². The highest BCUT2D eigenvalue weighted by atomic mass is 32.2. The van der Waals surface area contributed by atoms with Gasteiger partial charge in [0.15, 0.2) is 12.2 Å². The Labute approximate surface area is 198 Å². The van der Waals surface area contributed by atoms with E-state index in [0.717, 1.165) is 60.2 Å². The molecule has 0 N–H and O–H groups in total. The number of fused-ring (bicyclic) bond motifs is 1. The van der Waals surface area contributed by atoms with E-state index < -0.39 is 0 Å². The predicted molar refractivity (Wildman–Crippen MR) is 133 cm³/mol. The molecule has 2 fully saturated rings. The SMILES string of the molecule is C=C1C(SCCCN2CC3N(c4cccc(C#N)c4)CCC3(C)C2)=NN=C1c1ocnc1C. The summed E-state index contributed by atoms with van der Waals surface area (Å²) in [6.07, 6.45) is 3.71. The smallest absolute Gasteiger partial charge is 0.181 e. The molecule has 0 bridgehead atoms. The molecule has 8 heteroatoms. The van der Waals surface area contributed by atoms with E-state index in [0.29, 0.717) is 22.9 Å². The molecule has 2 saturated heterocycles. The van der Waals surface area contributed by atoms with Crippen LogP contribution >= 0.6 is 11.8 Å². The lowest BCUT2D eigenvalue weighted by molar-refractivity contribution is 0.276. The summed E-state index contributed by atoms with van der Waals surface area (Å²) in [5, 5.41) is 18.7. The van der Waals surface area contributed by atoms with Gasteiger partial charge in [-0.1, -0.05) is 19.6 Å². The van der Waals surface area contributed by atoms with Crippen LogP contribution in [-0.2, 0) is 0 Å². The number of aromatic nitrogens is 1. The molecule has 2 aromatic rings. The molecule has 3 aliphatic rings. The number of oxazole rings is 1. The summed E-state index contributed by atoms with van der Waals surface area (Å²) in [5.41, 5.74) is 4.52. The van der Waals surface area contributed by atoms with E-state index in [-0.39, 0.29) is 0 Å². The van der Waals surface area contributed by atoms with Crippen molar-refractivity contribution in [1.82, 2.24) is 9.88 Å². The summed E-state index contributed by atoms with van der Waals surface area (Å²) in [4.78, 5) is 9.24. The number of nitriles is 1. The van der Waals surface area contributed by atoms with Crippen molar-refractivity contribution < 1.29 is 4.42 Å². The fourth-order valence-electron chi connectivity index (χ4n) is 5.23. The standard InChI is InChI=1S/C25H28N6OS/c1-17-22(23-18(2)27-16-32-23)28-29-24(17)33-11-5-9-30-14-21-25(3,15-30)8-10-31(21)20-7-4-6-19(12-20)13-26/h4,6-7,12,16,21H,1,5,8-11,14-15H2,2-3H3. The number of rotatable bonds is 6. The summed E-state index contributed by atoms with van der Waals surface area (Å²) >= 11 is 1.71. The predicted octanol–water partition coefficient (Wildman–Crippen LogP) is 4.25. The van der Waals surface area contributed by atoms with Gasteiger partial charge in [0.2, 0.25) is 0 Å². The van der Waals surface area contributed by atoms with Gasteiger partial charge in [0.1, 0.15) is 10.8 Å². The Morgan fingerprint density at radius 3 is 3.03 bits per heavy atom. The summed E-state index contributed by atoms with van der Waals surface area (Å²) < 4.78 is 5.45. The molecule has 5 rings (SSSR count). The number of benzene rings is 1. The van der Waals surface area contributed by atoms with Crippen LogP contribution in [0.15, 0.2) is 57.4 Å². The molecule has 4 heterocycles. The van der Waals surface area contributed by atoms with Gasteiger partial charge in [-0.05, 0) is 44.5 Å². The topological polar surface area (TPSA) is 81.0 Å². The molecule has 1 aromatic carbocycles. The van der Waals surface area contributed by atoms with E-state index in [2.05, 4.69) is 50.6 Å². The van der Waals surface area contributed by atoms with Gasteiger partial charge < -0.3 is 14.2 Å². The lowest BCUT2D eigenvalue weighted by Gasteiger charge is -2.29. The molecule has 170 valence electrons. The molecular weight excluding hydrogens is 432 g/mol. The van der Waals surface area contributed by atoms with Gasteiger partial charge in [0.05, 0.1) is 17.3 Å². The zero-order chi connectivity index (χ0) is 23.0. The van der Waals surface area contributed by atoms with Crippen LogP contribution < -0.4 is 4.90 Å². The zero-order valence-electron chi connectivity index (χ0n) is 19.1. The number of thioether (sulfide) groups is 1. The Balaban J connectivity index is 1.12. The van der Waals surface area contributed by atoms with E-state index in [1.807, 2.05) is 25.1 Å². The summed E-state index contributed by atoms with van der Waals surface area (Å²) in [6, 6.07) is 10.8. The Kier molecular flexibility index (Phi) is 5.85. The highest BCUT2D eigenvalue weighted by Crippen LogP contribution is 2.44. The molecule has 33 heavy (non-hydrogen) atoms. The molecular formula is C25H28N6OS. The van der Waals surface area contributed by atoms with Crippen molar-refractivity contribution in [3.8, 4) is 6.07 Å². The third-order valence-corrected chi connectivity index (χ3v) is 8.12. The number of likely N-dealkylation sites (tertiary alicyclic amines) is 1. The Bertz CT molecular complexity index is 1180. The molecule has 1 aromatic heterocycles. The van der Waals surface area contributed by atoms with Crippen LogP contribution in [0.5, 0.6) is 0 Å². The van der Waals surface area contributed by atoms with Crippen molar-refractivity contribution in [1.29, 1.82) is 5.26 Å². The molecule has 7 nitrogen and oxygen atoms in total. The second kappa shape index (κ2) is 8.81. The third kappa shape index (κ3) is 4.11. The maximum absolute atomic E-state index is 9.27. The molecule has 0 amide bonds. The first-order valence-electron chi connectivity index (χ1n) is 11.4. The van der Waals surface area contributed by atoms with Crippen LogP contribution in [0.25, 0.3) is 0 Å². The van der Waals surface area contributed by atoms with Crippen LogP contribution in [0.1, 0.15) is 36.8 Å². The van der Waals surface area contributed by atoms with Crippen LogP contribution in [0.4, 0.5) is 5.69 Å². The van der Waals surface area contributed by atoms with Gasteiger partial charge >= 0.3 is 0 Å². The van der Waals surface area contributed by atoms with Crippen molar-refractivity contribution in [3.05, 3.63) is 59.8 Å². The quantitative estimate of drug-likeness (QED) is 0.600. The van der Waals surface area contributed by atoms with E-state index in [1.165, 1.54) is 18.5 Å². The number of anilines is 1. The number of hydrogen-bond donors (Lipinski definition) is 0. The highest BCUT2D eigenvalue weighted by Gasteiger charge is 2.49. The first kappa shape index (κ1) is 21.9. The van der Waals surface area contributed by atoms with Crippen molar-refractivity contribution in [3.63, 3.8) is 0 Å². The molecule has 0 aliphatic carbocycles. The van der Waals surface area contributed by atoms with Gasteiger partial charge in [-0.3, -0.25) is 0 Å². The Morgan fingerprint density at radius 1 is 1.36 bits per heavy atom. The number of aryl methyl sites for hydroxylation is 1. The molecule has 0 radical (unpaired) electrons. The fraction of sp³-hybridized carbons (Fsp3) is 0.440. The summed E-state index contributed by atoms with van der Waals surface area (Å²) in [7, 11) is 0. The largest absolute Gasteiger partial charge is 0.441 e. The van der Waals surface area contributed by atoms with E-state index in [9.17, 15) is 5.26 Å². The lowest BCUT2D eigenvalue weighted by atomic mass is 9.85. The van der Waals surface area contributed by atoms with Gasteiger partial charge in [-0.15, -0.1) is 22.0 Å². The minimum atomic E-state index is 0.303. The van der Waals surface area contributed by atoms with Crippen molar-refractivity contribution in [2.24, 2.45) is 15.6 Å². The van der Waals surface area contributed by atoms with Crippen LogP contribution in [0.2, 0.25) is 0 Å². The van der Waals surface area contributed by atoms with Gasteiger partial charge in [-0.2, -0.15) is 5.26 Å². The minimum absolute atomic E-state index is 0.303. The van der Waals surface area contributed by atoms with E-state index in [4.69, 9.17) is 4.42 Å². The van der Waals surface area contributed by atoms with Crippen LogP contribution in [-0.4, -0.2) is 58.6 Å². The zero-order valence-corrected chi connectivity index (χ0v) is 19.9. The average Bonchev–Trinajstić information content (AvgIpc) is 3.55. The first-order valence-corrected chi connectivity index (χ1v) is 12.3. The van der Waals surface area contributed by atoms with E-state index in [1.54, 1.807) is 11.8 Å².